The highest BCUT2D eigenvalue weighted by atomic mass is 19.1. The summed E-state index contributed by atoms with van der Waals surface area (Å²) >= 11 is 0. The maximum absolute atomic E-state index is 14.1. The summed E-state index contributed by atoms with van der Waals surface area (Å²) in [6, 6.07) is 10.9. The van der Waals surface area contributed by atoms with Crippen LogP contribution in [0.2, 0.25) is 0 Å². The van der Waals surface area contributed by atoms with Gasteiger partial charge in [-0.3, -0.25) is 4.79 Å². The molecule has 0 saturated heterocycles. The fourth-order valence-electron chi connectivity index (χ4n) is 4.58. The molecular weight excluding hydrogens is 360 g/mol. The van der Waals surface area contributed by atoms with Gasteiger partial charge in [-0.15, -0.1) is 0 Å². The molecule has 1 aliphatic carbocycles. The van der Waals surface area contributed by atoms with Crippen LogP contribution >= 0.6 is 0 Å². The van der Waals surface area contributed by atoms with Crippen LogP contribution in [0.25, 0.3) is 16.6 Å². The van der Waals surface area contributed by atoms with Gasteiger partial charge in [-0.25, -0.2) is 8.78 Å². The minimum Gasteiger partial charge on any atom is -0.481 e. The number of halogens is 2. The highest BCUT2D eigenvalue weighted by Crippen LogP contribution is 2.54. The van der Waals surface area contributed by atoms with Crippen LogP contribution in [0.4, 0.5) is 8.78 Å². The van der Waals surface area contributed by atoms with Gasteiger partial charge >= 0.3 is 5.97 Å². The van der Waals surface area contributed by atoms with Crippen molar-refractivity contribution in [3.05, 3.63) is 65.4 Å². The Morgan fingerprint density at radius 2 is 1.71 bits per heavy atom. The molecule has 5 heteroatoms. The highest BCUT2D eigenvalue weighted by molar-refractivity contribution is 5.89. The molecule has 4 rings (SSSR count). The van der Waals surface area contributed by atoms with E-state index in [9.17, 15) is 18.7 Å². The molecule has 3 nitrogen and oxygen atoms in total. The Morgan fingerprint density at radius 3 is 2.29 bits per heavy atom. The van der Waals surface area contributed by atoms with E-state index in [1.807, 2.05) is 4.57 Å². The molecule has 0 atom stereocenters. The molecule has 1 aliphatic rings. The van der Waals surface area contributed by atoms with E-state index in [-0.39, 0.29) is 23.5 Å². The van der Waals surface area contributed by atoms with E-state index < -0.39 is 11.4 Å². The summed E-state index contributed by atoms with van der Waals surface area (Å²) in [6.07, 6.45) is 1.12. The fraction of sp³-hybridized carbons (Fsp3) is 0.348. The first-order valence-corrected chi connectivity index (χ1v) is 9.54. The van der Waals surface area contributed by atoms with Crippen LogP contribution in [0.15, 0.2) is 42.5 Å². The maximum atomic E-state index is 14.1. The molecule has 0 spiro atoms. The molecule has 1 heterocycles. The van der Waals surface area contributed by atoms with Crippen LogP contribution < -0.4 is 0 Å². The van der Waals surface area contributed by atoms with Gasteiger partial charge < -0.3 is 9.67 Å². The Hall–Kier alpha value is -2.69. The lowest BCUT2D eigenvalue weighted by Crippen LogP contribution is -2.40. The van der Waals surface area contributed by atoms with E-state index in [0.29, 0.717) is 12.8 Å². The topological polar surface area (TPSA) is 42.2 Å². The molecule has 1 saturated carbocycles. The molecule has 2 aromatic carbocycles. The first kappa shape index (κ1) is 18.7. The van der Waals surface area contributed by atoms with E-state index >= 15 is 0 Å². The molecule has 0 unspecified atom stereocenters. The molecule has 3 aromatic rings. The lowest BCUT2D eigenvalue weighted by molar-refractivity contribution is -0.154. The summed E-state index contributed by atoms with van der Waals surface area (Å²) in [7, 11) is 0. The normalized spacial score (nSPS) is 21.9. The quantitative estimate of drug-likeness (QED) is 0.600. The molecule has 28 heavy (non-hydrogen) atoms. The highest BCUT2D eigenvalue weighted by Gasteiger charge is 2.48. The average Bonchev–Trinajstić information content (AvgIpc) is 2.93. The van der Waals surface area contributed by atoms with E-state index in [0.717, 1.165) is 27.8 Å². The molecule has 0 amide bonds. The predicted molar refractivity (Wildman–Crippen MR) is 105 cm³/mol. The Balaban J connectivity index is 1.96. The molecule has 0 aliphatic heterocycles. The summed E-state index contributed by atoms with van der Waals surface area (Å²) in [6.45, 7) is 5.92. The van der Waals surface area contributed by atoms with Gasteiger partial charge in [0, 0.05) is 16.8 Å². The van der Waals surface area contributed by atoms with Gasteiger partial charge in [0.25, 0.3) is 0 Å². The van der Waals surface area contributed by atoms with Gasteiger partial charge in [-0.1, -0.05) is 13.8 Å². The number of hydrogen-bond donors (Lipinski definition) is 1. The Kier molecular flexibility index (Phi) is 4.29. The molecule has 146 valence electrons. The van der Waals surface area contributed by atoms with E-state index in [4.69, 9.17) is 0 Å². The third kappa shape index (κ3) is 2.81. The lowest BCUT2D eigenvalue weighted by Gasteiger charge is -2.42. The smallest absolute Gasteiger partial charge is 0.309 e. The zero-order valence-electron chi connectivity index (χ0n) is 16.2. The molecule has 1 N–H and O–H groups in total. The summed E-state index contributed by atoms with van der Waals surface area (Å²) in [5.41, 5.74) is 2.91. The number of benzene rings is 2. The van der Waals surface area contributed by atoms with Gasteiger partial charge in [0.2, 0.25) is 0 Å². The van der Waals surface area contributed by atoms with Crippen LogP contribution in [0.3, 0.4) is 0 Å². The van der Waals surface area contributed by atoms with Crippen LogP contribution in [0.1, 0.15) is 56.7 Å². The maximum Gasteiger partial charge on any atom is 0.309 e. The second-order valence-corrected chi connectivity index (χ2v) is 8.40. The van der Waals surface area contributed by atoms with Crippen LogP contribution in [-0.4, -0.2) is 15.6 Å². The van der Waals surface area contributed by atoms with Crippen molar-refractivity contribution in [1.82, 2.24) is 4.57 Å². The average molecular weight is 383 g/mol. The monoisotopic (exact) mass is 383 g/mol. The zero-order chi connectivity index (χ0) is 20.2. The largest absolute Gasteiger partial charge is 0.481 e. The van der Waals surface area contributed by atoms with Gasteiger partial charge in [0.05, 0.1) is 10.9 Å². The standard InChI is InChI=1S/C23H23F2NO2/c1-13(2)21-20(14-11-23(3,12-14)22(27)28)18-9-6-16(25)10-19(18)26(21)17-7-4-15(24)5-8-17/h4-10,13-14H,11-12H2,1-3H3,(H,27,28). The second kappa shape index (κ2) is 6.43. The molecule has 0 bridgehead atoms. The van der Waals surface area contributed by atoms with Gasteiger partial charge in [0.1, 0.15) is 11.6 Å². The Morgan fingerprint density at radius 1 is 1.11 bits per heavy atom. The van der Waals surface area contributed by atoms with Crippen LogP contribution in [-0.2, 0) is 4.79 Å². The third-order valence-corrected chi connectivity index (χ3v) is 5.96. The number of hydrogen-bond acceptors (Lipinski definition) is 1. The van der Waals surface area contributed by atoms with Gasteiger partial charge in [-0.05, 0) is 79.6 Å². The number of nitrogens with zero attached hydrogens (tertiary/aromatic N) is 1. The van der Waals surface area contributed by atoms with Crippen molar-refractivity contribution in [3.8, 4) is 5.69 Å². The summed E-state index contributed by atoms with van der Waals surface area (Å²) < 4.78 is 29.6. The van der Waals surface area contributed by atoms with Gasteiger partial charge in [0.15, 0.2) is 0 Å². The Labute approximate surface area is 162 Å². The fourth-order valence-corrected chi connectivity index (χ4v) is 4.58. The minimum atomic E-state index is -0.775. The summed E-state index contributed by atoms with van der Waals surface area (Å²) in [4.78, 5) is 11.6. The molecule has 0 radical (unpaired) electrons. The van der Waals surface area contributed by atoms with Crippen molar-refractivity contribution in [1.29, 1.82) is 0 Å². The number of rotatable bonds is 4. The first-order chi connectivity index (χ1) is 13.2. The van der Waals surface area contributed by atoms with Crippen LogP contribution in [0, 0.1) is 17.0 Å². The van der Waals surface area contributed by atoms with Crippen molar-refractivity contribution >= 4 is 16.9 Å². The zero-order valence-corrected chi connectivity index (χ0v) is 16.2. The molecular formula is C23H23F2NO2. The van der Waals surface area contributed by atoms with Crippen molar-refractivity contribution in [2.75, 3.05) is 0 Å². The summed E-state index contributed by atoms with van der Waals surface area (Å²) in [5.74, 6) is -1.20. The predicted octanol–water partition coefficient (Wildman–Crippen LogP) is 6.00. The Bertz CT molecular complexity index is 1060. The van der Waals surface area contributed by atoms with Crippen molar-refractivity contribution in [2.24, 2.45) is 5.41 Å². The summed E-state index contributed by atoms with van der Waals surface area (Å²) in [5, 5.41) is 10.4. The molecule has 1 fully saturated rings. The minimum absolute atomic E-state index is 0.105. The van der Waals surface area contributed by atoms with Gasteiger partial charge in [-0.2, -0.15) is 0 Å². The SMILES string of the molecule is CC(C)c1c(C2CC(C)(C(=O)O)C2)c2ccc(F)cc2n1-c1ccc(F)cc1. The van der Waals surface area contributed by atoms with Crippen LogP contribution in [0.5, 0.6) is 0 Å². The first-order valence-electron chi connectivity index (χ1n) is 9.54. The van der Waals surface area contributed by atoms with Crippen molar-refractivity contribution in [2.45, 2.75) is 45.4 Å². The van der Waals surface area contributed by atoms with E-state index in [2.05, 4.69) is 13.8 Å². The second-order valence-electron chi connectivity index (χ2n) is 8.40. The van der Waals surface area contributed by atoms with E-state index in [1.54, 1.807) is 25.1 Å². The third-order valence-electron chi connectivity index (χ3n) is 5.96. The number of aliphatic carboxylic acids is 1. The number of carboxylic acids is 1. The number of fused-ring (bicyclic) bond motifs is 1. The van der Waals surface area contributed by atoms with Crippen molar-refractivity contribution < 1.29 is 18.7 Å². The number of carbonyl (C=O) groups is 1. The number of aromatic nitrogens is 1. The molecule has 1 aromatic heterocycles. The van der Waals surface area contributed by atoms with Crippen molar-refractivity contribution in [3.63, 3.8) is 0 Å². The van der Waals surface area contributed by atoms with E-state index in [1.165, 1.54) is 24.3 Å². The lowest BCUT2D eigenvalue weighted by atomic mass is 9.60. The number of carboxylic acid groups (broad SMARTS) is 1.